The van der Waals surface area contributed by atoms with Crippen molar-refractivity contribution in [3.8, 4) is 11.1 Å². The Kier molecular flexibility index (Phi) is 9.22. The summed E-state index contributed by atoms with van der Waals surface area (Å²) in [5.74, 6) is -0.651. The Hall–Kier alpha value is -2.73. The van der Waals surface area contributed by atoms with Crippen LogP contribution in [-0.2, 0) is 27.3 Å². The summed E-state index contributed by atoms with van der Waals surface area (Å²) in [5.41, 5.74) is 8.71. The van der Waals surface area contributed by atoms with Gasteiger partial charge in [-0.1, -0.05) is 66.2 Å². The third-order valence-electron chi connectivity index (χ3n) is 5.73. The van der Waals surface area contributed by atoms with Crippen molar-refractivity contribution >= 4 is 17.6 Å². The zero-order chi connectivity index (χ0) is 24.6. The number of esters is 1. The summed E-state index contributed by atoms with van der Waals surface area (Å²) < 4.78 is 25.4. The molecule has 0 radical (unpaired) electrons. The molecule has 3 rings (SSSR count). The molecular weight excluding hydrogens is 453 g/mol. The maximum Gasteiger partial charge on any atom is 0.314 e. The molecule has 2 N–H and O–H groups in total. The van der Waals surface area contributed by atoms with Crippen LogP contribution in [0.25, 0.3) is 11.1 Å². The van der Waals surface area contributed by atoms with Crippen molar-refractivity contribution < 1.29 is 18.7 Å². The number of ether oxygens (including phenoxy) is 2. The second-order valence-corrected chi connectivity index (χ2v) is 9.19. The second kappa shape index (κ2) is 12.1. The van der Waals surface area contributed by atoms with Crippen molar-refractivity contribution in [1.29, 1.82) is 0 Å². The molecule has 34 heavy (non-hydrogen) atoms. The molecule has 2 unspecified atom stereocenters. The van der Waals surface area contributed by atoms with Gasteiger partial charge >= 0.3 is 5.97 Å². The Labute approximate surface area is 205 Å². The molecule has 3 aromatic rings. The van der Waals surface area contributed by atoms with Crippen molar-refractivity contribution in [2.45, 2.75) is 39.3 Å². The van der Waals surface area contributed by atoms with Crippen molar-refractivity contribution in [1.82, 2.24) is 0 Å². The van der Waals surface area contributed by atoms with Gasteiger partial charge in [-0.2, -0.15) is 0 Å². The summed E-state index contributed by atoms with van der Waals surface area (Å²) in [6, 6.07) is 21.3. The Bertz CT molecular complexity index is 1070. The van der Waals surface area contributed by atoms with Crippen LogP contribution in [0.1, 0.15) is 31.4 Å². The molecule has 6 heteroatoms. The van der Waals surface area contributed by atoms with Gasteiger partial charge in [0.15, 0.2) is 0 Å². The van der Waals surface area contributed by atoms with Crippen LogP contribution >= 0.6 is 11.6 Å². The molecule has 0 aliphatic heterocycles. The van der Waals surface area contributed by atoms with E-state index in [9.17, 15) is 9.18 Å². The van der Waals surface area contributed by atoms with E-state index >= 15 is 0 Å². The summed E-state index contributed by atoms with van der Waals surface area (Å²) in [5, 5.41) is 0.482. The number of halogens is 2. The van der Waals surface area contributed by atoms with Gasteiger partial charge in [-0.15, -0.1) is 0 Å². The molecule has 180 valence electrons. The molecule has 0 saturated heterocycles. The van der Waals surface area contributed by atoms with E-state index in [2.05, 4.69) is 0 Å². The van der Waals surface area contributed by atoms with Crippen LogP contribution < -0.4 is 5.73 Å². The Morgan fingerprint density at radius 3 is 2.44 bits per heavy atom. The van der Waals surface area contributed by atoms with E-state index in [0.717, 1.165) is 16.7 Å². The van der Waals surface area contributed by atoms with Gasteiger partial charge in [0, 0.05) is 23.2 Å². The maximum atomic E-state index is 14.2. The summed E-state index contributed by atoms with van der Waals surface area (Å²) >= 11 is 6.02. The van der Waals surface area contributed by atoms with Gasteiger partial charge in [0.05, 0.1) is 12.0 Å². The van der Waals surface area contributed by atoms with Crippen LogP contribution in [-0.4, -0.2) is 25.2 Å². The highest BCUT2D eigenvalue weighted by Gasteiger charge is 2.37. The Balaban J connectivity index is 1.64. The lowest BCUT2D eigenvalue weighted by Gasteiger charge is -2.30. The average molecular weight is 484 g/mol. The largest absolute Gasteiger partial charge is 0.460 e. The highest BCUT2D eigenvalue weighted by molar-refractivity contribution is 6.30. The molecule has 0 spiro atoms. The third-order valence-corrected chi connectivity index (χ3v) is 5.97. The van der Waals surface area contributed by atoms with Gasteiger partial charge in [-0.25, -0.2) is 4.39 Å². The van der Waals surface area contributed by atoms with E-state index in [4.69, 9.17) is 26.8 Å². The van der Waals surface area contributed by atoms with Gasteiger partial charge < -0.3 is 15.2 Å². The summed E-state index contributed by atoms with van der Waals surface area (Å²) in [4.78, 5) is 13.0. The van der Waals surface area contributed by atoms with E-state index in [-0.39, 0.29) is 31.0 Å². The highest BCUT2D eigenvalue weighted by atomic mass is 35.5. The summed E-state index contributed by atoms with van der Waals surface area (Å²) in [7, 11) is 0. The molecule has 0 aliphatic rings. The van der Waals surface area contributed by atoms with Crippen molar-refractivity contribution in [2.75, 3.05) is 13.2 Å². The fraction of sp³-hybridized carbons (Fsp3) is 0.321. The SMILES string of the molecule is CCOCC(C)(CC(N)Cc1ccc(-c2cc(Cl)ccc2F)cc1)C(=O)OCc1ccccc1. The van der Waals surface area contributed by atoms with Gasteiger partial charge in [0.1, 0.15) is 12.4 Å². The number of hydrogen-bond acceptors (Lipinski definition) is 4. The minimum Gasteiger partial charge on any atom is -0.460 e. The molecule has 0 fully saturated rings. The minimum atomic E-state index is -0.867. The molecule has 0 aromatic heterocycles. The fourth-order valence-electron chi connectivity index (χ4n) is 3.92. The van der Waals surface area contributed by atoms with Crippen LogP contribution in [0, 0.1) is 11.2 Å². The number of rotatable bonds is 11. The van der Waals surface area contributed by atoms with Crippen molar-refractivity contribution in [3.63, 3.8) is 0 Å². The number of hydrogen-bond donors (Lipinski definition) is 1. The standard InChI is InChI=1S/C28H31ClFNO3/c1-3-33-19-28(2,27(32)34-18-21-7-5-4-6-8-21)17-24(31)15-20-9-11-22(12-10-20)25-16-23(29)13-14-26(25)30/h4-14,16,24H,3,15,17-19,31H2,1-2H3. The predicted molar refractivity (Wildman–Crippen MR) is 134 cm³/mol. The van der Waals surface area contributed by atoms with Crippen LogP contribution in [0.15, 0.2) is 72.8 Å². The van der Waals surface area contributed by atoms with Gasteiger partial charge in [-0.05, 0) is 61.6 Å². The van der Waals surface area contributed by atoms with Gasteiger partial charge in [0.2, 0.25) is 0 Å². The Morgan fingerprint density at radius 2 is 1.76 bits per heavy atom. The van der Waals surface area contributed by atoms with Crippen LogP contribution in [0.3, 0.4) is 0 Å². The van der Waals surface area contributed by atoms with Crippen molar-refractivity contribution in [2.24, 2.45) is 11.1 Å². The molecule has 3 aromatic carbocycles. The highest BCUT2D eigenvalue weighted by Crippen LogP contribution is 2.29. The number of benzene rings is 3. The van der Waals surface area contributed by atoms with Gasteiger partial charge in [0.25, 0.3) is 0 Å². The number of carbonyl (C=O) groups excluding carboxylic acids is 1. The quantitative estimate of drug-likeness (QED) is 0.330. The Morgan fingerprint density at radius 1 is 1.06 bits per heavy atom. The molecule has 0 heterocycles. The van der Waals surface area contributed by atoms with E-state index in [0.29, 0.717) is 30.0 Å². The first-order valence-corrected chi connectivity index (χ1v) is 11.8. The topological polar surface area (TPSA) is 61.5 Å². The number of nitrogens with two attached hydrogens (primary N) is 1. The van der Waals surface area contributed by atoms with Crippen LogP contribution in [0.2, 0.25) is 5.02 Å². The lowest BCUT2D eigenvalue weighted by molar-refractivity contribution is -0.161. The molecule has 2 atom stereocenters. The summed E-state index contributed by atoms with van der Waals surface area (Å²) in [6.07, 6.45) is 0.970. The van der Waals surface area contributed by atoms with E-state index in [1.165, 1.54) is 12.1 Å². The lowest BCUT2D eigenvalue weighted by Crippen LogP contribution is -2.41. The van der Waals surface area contributed by atoms with Crippen LogP contribution in [0.5, 0.6) is 0 Å². The van der Waals surface area contributed by atoms with Crippen molar-refractivity contribution in [3.05, 3.63) is 94.8 Å². The zero-order valence-electron chi connectivity index (χ0n) is 19.6. The number of carbonyl (C=O) groups is 1. The van der Waals surface area contributed by atoms with Gasteiger partial charge in [-0.3, -0.25) is 4.79 Å². The maximum absolute atomic E-state index is 14.2. The first-order valence-electron chi connectivity index (χ1n) is 11.4. The van der Waals surface area contributed by atoms with E-state index < -0.39 is 5.41 Å². The molecule has 0 saturated carbocycles. The fourth-order valence-corrected chi connectivity index (χ4v) is 4.09. The second-order valence-electron chi connectivity index (χ2n) is 8.75. The van der Waals surface area contributed by atoms with Crippen LogP contribution in [0.4, 0.5) is 4.39 Å². The lowest BCUT2D eigenvalue weighted by atomic mass is 9.82. The molecule has 0 bridgehead atoms. The third kappa shape index (κ3) is 7.13. The average Bonchev–Trinajstić information content (AvgIpc) is 2.84. The first kappa shape index (κ1) is 25.9. The molecular formula is C28H31ClFNO3. The predicted octanol–water partition coefficient (Wildman–Crippen LogP) is 6.19. The normalized spacial score (nSPS) is 13.8. The van der Waals surface area contributed by atoms with E-state index in [1.54, 1.807) is 6.07 Å². The monoisotopic (exact) mass is 483 g/mol. The molecule has 0 amide bonds. The first-order chi connectivity index (χ1) is 16.3. The summed E-state index contributed by atoms with van der Waals surface area (Å²) in [6.45, 7) is 4.66. The van der Waals surface area contributed by atoms with E-state index in [1.807, 2.05) is 68.4 Å². The zero-order valence-corrected chi connectivity index (χ0v) is 20.4. The smallest absolute Gasteiger partial charge is 0.314 e. The molecule has 4 nitrogen and oxygen atoms in total. The minimum absolute atomic E-state index is 0.206. The molecule has 0 aliphatic carbocycles.